The number of aromatic nitrogens is 1. The molecule has 1 amide bonds. The van der Waals surface area contributed by atoms with E-state index in [1.165, 1.54) is 36.5 Å². The summed E-state index contributed by atoms with van der Waals surface area (Å²) in [6, 6.07) is 7.95. The number of carbonyl (C=O) groups is 2. The molecule has 2 aromatic rings. The van der Waals surface area contributed by atoms with Gasteiger partial charge in [0.15, 0.2) is 0 Å². The molecule has 7 heteroatoms. The Morgan fingerprint density at radius 3 is 2.24 bits per heavy atom. The first-order chi connectivity index (χ1) is 9.82. The van der Waals surface area contributed by atoms with Gasteiger partial charge in [0.25, 0.3) is 11.7 Å². The van der Waals surface area contributed by atoms with Crippen molar-refractivity contribution in [3.8, 4) is 11.1 Å². The van der Waals surface area contributed by atoms with Gasteiger partial charge in [0, 0.05) is 17.3 Å². The molecule has 2 rings (SSSR count). The van der Waals surface area contributed by atoms with Gasteiger partial charge in [-0.3, -0.25) is 14.6 Å². The summed E-state index contributed by atoms with van der Waals surface area (Å²) in [5.41, 5.74) is 4.45. The minimum atomic E-state index is -5.01. The monoisotopic (exact) mass is 294 g/mol. The maximum atomic E-state index is 12.6. The van der Waals surface area contributed by atoms with Gasteiger partial charge in [-0.25, -0.2) is 0 Å². The van der Waals surface area contributed by atoms with Gasteiger partial charge >= 0.3 is 6.18 Å². The van der Waals surface area contributed by atoms with E-state index in [0.717, 1.165) is 6.07 Å². The summed E-state index contributed by atoms with van der Waals surface area (Å²) in [4.78, 5) is 26.6. The summed E-state index contributed by atoms with van der Waals surface area (Å²) < 4.78 is 37.9. The lowest BCUT2D eigenvalue weighted by Gasteiger charge is -2.12. The quantitative estimate of drug-likeness (QED) is 0.884. The zero-order chi connectivity index (χ0) is 15.6. The molecule has 21 heavy (non-hydrogen) atoms. The summed E-state index contributed by atoms with van der Waals surface area (Å²) in [7, 11) is 0. The van der Waals surface area contributed by atoms with Crippen LogP contribution in [0.5, 0.6) is 0 Å². The summed E-state index contributed by atoms with van der Waals surface area (Å²) in [5.74, 6) is -2.88. The number of hydrogen-bond acceptors (Lipinski definition) is 3. The Labute approximate surface area is 117 Å². The molecule has 0 aliphatic heterocycles. The number of benzene rings is 1. The second-order valence-electron chi connectivity index (χ2n) is 4.14. The van der Waals surface area contributed by atoms with Gasteiger partial charge in [-0.2, -0.15) is 13.2 Å². The Balaban J connectivity index is 2.67. The van der Waals surface area contributed by atoms with Crippen molar-refractivity contribution in [2.24, 2.45) is 5.73 Å². The van der Waals surface area contributed by atoms with Gasteiger partial charge < -0.3 is 5.73 Å². The fraction of sp³-hybridized carbons (Fsp3) is 0.0714. The second kappa shape index (κ2) is 5.35. The molecule has 4 nitrogen and oxygen atoms in total. The third kappa shape index (κ3) is 2.91. The first-order valence-electron chi connectivity index (χ1n) is 5.78. The zero-order valence-electron chi connectivity index (χ0n) is 10.5. The van der Waals surface area contributed by atoms with Gasteiger partial charge in [0.1, 0.15) is 5.69 Å². The molecule has 0 saturated heterocycles. The Bertz CT molecular complexity index is 711. The lowest BCUT2D eigenvalue weighted by Crippen LogP contribution is -2.23. The number of rotatable bonds is 3. The fourth-order valence-electron chi connectivity index (χ4n) is 1.89. The van der Waals surface area contributed by atoms with Gasteiger partial charge in [-0.05, 0) is 11.6 Å². The zero-order valence-corrected chi connectivity index (χ0v) is 10.5. The summed E-state index contributed by atoms with van der Waals surface area (Å²) >= 11 is 0. The molecule has 0 spiro atoms. The van der Waals surface area contributed by atoms with Crippen molar-refractivity contribution in [2.45, 2.75) is 6.18 Å². The highest BCUT2D eigenvalue weighted by Crippen LogP contribution is 2.30. The van der Waals surface area contributed by atoms with E-state index in [-0.39, 0.29) is 16.8 Å². The predicted octanol–water partition coefficient (Wildman–Crippen LogP) is 2.59. The number of nitrogens with two attached hydrogens (primary N) is 1. The maximum Gasteiger partial charge on any atom is 0.454 e. The first kappa shape index (κ1) is 14.7. The molecule has 0 fully saturated rings. The molecule has 0 radical (unpaired) electrons. The van der Waals surface area contributed by atoms with E-state index < -0.39 is 23.4 Å². The molecule has 108 valence electrons. The standard InChI is InChI=1S/C14H9F3N2O2/c15-14(16,17)12(20)10-5-2-1-4-8(10)9-6-3-7-19-11(9)13(18)21/h1-7H,(H2,18,21). The molecular weight excluding hydrogens is 285 g/mol. The number of carbonyl (C=O) groups excluding carboxylic acids is 2. The van der Waals surface area contributed by atoms with Crippen molar-refractivity contribution < 1.29 is 22.8 Å². The Hall–Kier alpha value is -2.70. The van der Waals surface area contributed by atoms with Crippen molar-refractivity contribution in [3.63, 3.8) is 0 Å². The molecule has 0 aliphatic carbocycles. The van der Waals surface area contributed by atoms with E-state index in [9.17, 15) is 22.8 Å². The molecule has 0 unspecified atom stereocenters. The second-order valence-corrected chi connectivity index (χ2v) is 4.14. The largest absolute Gasteiger partial charge is 0.454 e. The van der Waals surface area contributed by atoms with E-state index in [1.54, 1.807) is 0 Å². The molecule has 1 heterocycles. The molecule has 1 aromatic heterocycles. The third-order valence-electron chi connectivity index (χ3n) is 2.76. The number of nitrogens with zero attached hydrogens (tertiary/aromatic N) is 1. The Morgan fingerprint density at radius 1 is 1.00 bits per heavy atom. The summed E-state index contributed by atoms with van der Waals surface area (Å²) in [6.07, 6.45) is -3.72. The molecular formula is C14H9F3N2O2. The summed E-state index contributed by atoms with van der Waals surface area (Å²) in [5, 5.41) is 0. The highest BCUT2D eigenvalue weighted by Gasteiger charge is 2.40. The van der Waals surface area contributed by atoms with Crippen LogP contribution in [0, 0.1) is 0 Å². The minimum Gasteiger partial charge on any atom is -0.364 e. The van der Waals surface area contributed by atoms with Gasteiger partial charge in [0.2, 0.25) is 0 Å². The minimum absolute atomic E-state index is 0.0401. The van der Waals surface area contributed by atoms with Gasteiger partial charge in [-0.1, -0.05) is 30.3 Å². The van der Waals surface area contributed by atoms with E-state index in [0.29, 0.717) is 0 Å². The molecule has 0 saturated carbocycles. The van der Waals surface area contributed by atoms with Crippen molar-refractivity contribution in [1.82, 2.24) is 4.98 Å². The van der Waals surface area contributed by atoms with Crippen molar-refractivity contribution in [1.29, 1.82) is 0 Å². The Morgan fingerprint density at radius 2 is 1.62 bits per heavy atom. The molecule has 0 bridgehead atoms. The van der Waals surface area contributed by atoms with Crippen LogP contribution in [0.15, 0.2) is 42.6 Å². The molecule has 2 N–H and O–H groups in total. The first-order valence-corrected chi connectivity index (χ1v) is 5.78. The third-order valence-corrected chi connectivity index (χ3v) is 2.76. The average Bonchev–Trinajstić information content (AvgIpc) is 2.45. The summed E-state index contributed by atoms with van der Waals surface area (Å²) in [6.45, 7) is 0. The van der Waals surface area contributed by atoms with Crippen molar-refractivity contribution in [2.75, 3.05) is 0 Å². The van der Waals surface area contributed by atoms with Crippen LogP contribution in [0.3, 0.4) is 0 Å². The van der Waals surface area contributed by atoms with Gasteiger partial charge in [-0.15, -0.1) is 0 Å². The van der Waals surface area contributed by atoms with Crippen LogP contribution < -0.4 is 5.73 Å². The van der Waals surface area contributed by atoms with Gasteiger partial charge in [0.05, 0.1) is 0 Å². The lowest BCUT2D eigenvalue weighted by atomic mass is 9.95. The van der Waals surface area contributed by atoms with Crippen LogP contribution in [0.1, 0.15) is 20.8 Å². The van der Waals surface area contributed by atoms with Crippen LogP contribution >= 0.6 is 0 Å². The number of hydrogen-bond donors (Lipinski definition) is 1. The number of pyridine rings is 1. The van der Waals surface area contributed by atoms with Crippen LogP contribution in [0.2, 0.25) is 0 Å². The maximum absolute atomic E-state index is 12.6. The van der Waals surface area contributed by atoms with Crippen LogP contribution in [-0.2, 0) is 0 Å². The molecule has 1 aromatic carbocycles. The van der Waals surface area contributed by atoms with E-state index >= 15 is 0 Å². The number of Topliss-reactive ketones (excluding diaryl/α,β-unsaturated/α-hetero) is 1. The number of ketones is 1. The fourth-order valence-corrected chi connectivity index (χ4v) is 1.89. The highest BCUT2D eigenvalue weighted by atomic mass is 19.4. The van der Waals surface area contributed by atoms with Crippen LogP contribution in [0.25, 0.3) is 11.1 Å². The predicted molar refractivity (Wildman–Crippen MR) is 68.6 cm³/mol. The number of primary amides is 1. The number of halogens is 3. The normalized spacial score (nSPS) is 11.2. The number of alkyl halides is 3. The molecule has 0 atom stereocenters. The topological polar surface area (TPSA) is 73.1 Å². The van der Waals surface area contributed by atoms with Crippen LogP contribution in [0.4, 0.5) is 13.2 Å². The lowest BCUT2D eigenvalue weighted by molar-refractivity contribution is -0.0884. The van der Waals surface area contributed by atoms with E-state index in [2.05, 4.69) is 4.98 Å². The average molecular weight is 294 g/mol. The highest BCUT2D eigenvalue weighted by molar-refractivity contribution is 6.08. The molecule has 0 aliphatic rings. The number of amides is 1. The van der Waals surface area contributed by atoms with Crippen LogP contribution in [-0.4, -0.2) is 22.9 Å². The smallest absolute Gasteiger partial charge is 0.364 e. The van der Waals surface area contributed by atoms with Crippen molar-refractivity contribution >= 4 is 11.7 Å². The van der Waals surface area contributed by atoms with E-state index in [1.807, 2.05) is 0 Å². The SMILES string of the molecule is NC(=O)c1ncccc1-c1ccccc1C(=O)C(F)(F)F. The Kier molecular flexibility index (Phi) is 3.75. The van der Waals surface area contributed by atoms with Crippen molar-refractivity contribution in [3.05, 3.63) is 53.9 Å². The van der Waals surface area contributed by atoms with E-state index in [4.69, 9.17) is 5.73 Å².